The summed E-state index contributed by atoms with van der Waals surface area (Å²) in [7, 11) is 2.36. The fraction of sp³-hybridized carbons (Fsp3) is 1.00. The molecule has 3 aliphatic rings. The first-order chi connectivity index (χ1) is 9.50. The van der Waals surface area contributed by atoms with Gasteiger partial charge in [-0.25, -0.2) is 0 Å². The average Bonchev–Trinajstić information content (AvgIpc) is 2.37. The lowest BCUT2D eigenvalue weighted by Gasteiger charge is -2.54. The highest BCUT2D eigenvalue weighted by Gasteiger charge is 2.42. The minimum atomic E-state index is 0.282. The molecule has 3 unspecified atom stereocenters. The molecule has 1 N–H and O–H groups in total. The summed E-state index contributed by atoms with van der Waals surface area (Å²) in [6, 6.07) is 3.27. The first kappa shape index (κ1) is 14.8. The normalized spacial score (nSPS) is 42.6. The topological polar surface area (TPSA) is 18.5 Å². The van der Waals surface area contributed by atoms with Gasteiger partial charge in [0.25, 0.3) is 0 Å². The summed E-state index contributed by atoms with van der Waals surface area (Å²) < 4.78 is 0. The zero-order chi connectivity index (χ0) is 14.3. The van der Waals surface area contributed by atoms with Crippen molar-refractivity contribution < 1.29 is 0 Å². The van der Waals surface area contributed by atoms with E-state index < -0.39 is 0 Å². The predicted molar refractivity (Wildman–Crippen MR) is 85.1 cm³/mol. The summed E-state index contributed by atoms with van der Waals surface area (Å²) in [6.07, 6.45) is 8.39. The summed E-state index contributed by atoms with van der Waals surface area (Å²) in [5, 5.41) is 3.74. The van der Waals surface area contributed by atoms with Gasteiger partial charge in [-0.2, -0.15) is 0 Å². The highest BCUT2D eigenvalue weighted by molar-refractivity contribution is 5.00. The van der Waals surface area contributed by atoms with Crippen LogP contribution in [-0.2, 0) is 0 Å². The number of piperidine rings is 2. The molecule has 0 aliphatic carbocycles. The highest BCUT2D eigenvalue weighted by atomic mass is 15.3. The summed E-state index contributed by atoms with van der Waals surface area (Å²) in [5.74, 6) is 0. The van der Waals surface area contributed by atoms with Crippen LogP contribution in [0.5, 0.6) is 0 Å². The molecule has 0 amide bonds. The van der Waals surface area contributed by atoms with Crippen LogP contribution in [0.25, 0.3) is 0 Å². The number of piperazine rings is 1. The van der Waals surface area contributed by atoms with Gasteiger partial charge in [-0.15, -0.1) is 0 Å². The van der Waals surface area contributed by atoms with Crippen molar-refractivity contribution in [3.05, 3.63) is 0 Å². The van der Waals surface area contributed by atoms with E-state index in [1.165, 1.54) is 51.6 Å². The Morgan fingerprint density at radius 2 is 1.75 bits per heavy atom. The molecule has 3 fully saturated rings. The third kappa shape index (κ3) is 2.77. The molecule has 3 saturated heterocycles. The largest absolute Gasteiger partial charge is 0.309 e. The SMILES string of the molecule is CCC1CNC(C)(C)CN1C1CC2CCCC(C1)N2C. The Morgan fingerprint density at radius 1 is 1.10 bits per heavy atom. The van der Waals surface area contributed by atoms with E-state index >= 15 is 0 Å². The van der Waals surface area contributed by atoms with Crippen molar-refractivity contribution in [3.8, 4) is 0 Å². The van der Waals surface area contributed by atoms with Gasteiger partial charge in [0.05, 0.1) is 0 Å². The molecule has 0 spiro atoms. The third-order valence-electron chi connectivity index (χ3n) is 6.12. The van der Waals surface area contributed by atoms with Gasteiger partial charge in [0.15, 0.2) is 0 Å². The molecule has 0 saturated carbocycles. The van der Waals surface area contributed by atoms with E-state index in [1.807, 2.05) is 0 Å². The van der Waals surface area contributed by atoms with Crippen LogP contribution in [0.15, 0.2) is 0 Å². The lowest BCUT2D eigenvalue weighted by molar-refractivity contribution is -0.0282. The fourth-order valence-electron chi connectivity index (χ4n) is 4.82. The molecule has 3 aliphatic heterocycles. The van der Waals surface area contributed by atoms with E-state index in [9.17, 15) is 0 Å². The Hall–Kier alpha value is -0.120. The molecule has 0 radical (unpaired) electrons. The molecule has 2 bridgehead atoms. The molecule has 116 valence electrons. The van der Waals surface area contributed by atoms with Crippen molar-refractivity contribution in [2.45, 2.75) is 89.0 Å². The number of nitrogens with zero attached hydrogens (tertiary/aromatic N) is 2. The summed E-state index contributed by atoms with van der Waals surface area (Å²) in [5.41, 5.74) is 0.282. The quantitative estimate of drug-likeness (QED) is 0.838. The van der Waals surface area contributed by atoms with Crippen molar-refractivity contribution in [1.82, 2.24) is 15.1 Å². The van der Waals surface area contributed by atoms with Crippen LogP contribution in [0.4, 0.5) is 0 Å². The second-order valence-corrected chi connectivity index (χ2v) is 8.03. The maximum Gasteiger partial charge on any atom is 0.0253 e. The van der Waals surface area contributed by atoms with E-state index in [0.717, 1.165) is 24.2 Å². The van der Waals surface area contributed by atoms with Gasteiger partial charge >= 0.3 is 0 Å². The van der Waals surface area contributed by atoms with E-state index in [0.29, 0.717) is 0 Å². The van der Waals surface area contributed by atoms with E-state index in [2.05, 4.69) is 42.9 Å². The smallest absolute Gasteiger partial charge is 0.0253 e. The number of hydrogen-bond donors (Lipinski definition) is 1. The van der Waals surface area contributed by atoms with Crippen LogP contribution in [-0.4, -0.2) is 59.6 Å². The van der Waals surface area contributed by atoms with Crippen molar-refractivity contribution >= 4 is 0 Å². The van der Waals surface area contributed by atoms with Crippen LogP contribution in [0, 0.1) is 0 Å². The summed E-state index contributed by atoms with van der Waals surface area (Å²) in [4.78, 5) is 5.56. The van der Waals surface area contributed by atoms with Gasteiger partial charge in [0.1, 0.15) is 0 Å². The van der Waals surface area contributed by atoms with Crippen molar-refractivity contribution in [3.63, 3.8) is 0 Å². The maximum absolute atomic E-state index is 3.74. The minimum absolute atomic E-state index is 0.282. The van der Waals surface area contributed by atoms with Crippen LogP contribution in [0.3, 0.4) is 0 Å². The molecule has 3 rings (SSSR count). The van der Waals surface area contributed by atoms with Gasteiger partial charge < -0.3 is 10.2 Å². The first-order valence-corrected chi connectivity index (χ1v) is 8.73. The molecular formula is C17H33N3. The average molecular weight is 279 g/mol. The monoisotopic (exact) mass is 279 g/mol. The molecule has 3 heterocycles. The number of nitrogens with one attached hydrogen (secondary N) is 1. The molecule has 3 heteroatoms. The lowest BCUT2D eigenvalue weighted by Crippen LogP contribution is -2.66. The van der Waals surface area contributed by atoms with E-state index in [-0.39, 0.29) is 5.54 Å². The fourth-order valence-corrected chi connectivity index (χ4v) is 4.82. The Kier molecular flexibility index (Phi) is 4.13. The Labute approximate surface area is 125 Å². The van der Waals surface area contributed by atoms with Crippen LogP contribution in [0.2, 0.25) is 0 Å². The zero-order valence-electron chi connectivity index (χ0n) is 13.9. The Balaban J connectivity index is 1.73. The number of fused-ring (bicyclic) bond motifs is 2. The highest BCUT2D eigenvalue weighted by Crippen LogP contribution is 2.36. The summed E-state index contributed by atoms with van der Waals surface area (Å²) in [6.45, 7) is 9.47. The molecule has 0 aromatic carbocycles. The predicted octanol–water partition coefficient (Wildman–Crippen LogP) is 2.46. The Bertz CT molecular complexity index is 327. The van der Waals surface area contributed by atoms with E-state index in [1.54, 1.807) is 0 Å². The lowest BCUT2D eigenvalue weighted by atomic mass is 9.80. The number of hydrogen-bond acceptors (Lipinski definition) is 3. The third-order valence-corrected chi connectivity index (χ3v) is 6.12. The van der Waals surface area contributed by atoms with Crippen molar-refractivity contribution in [2.75, 3.05) is 20.1 Å². The zero-order valence-corrected chi connectivity index (χ0v) is 13.9. The van der Waals surface area contributed by atoms with Crippen molar-refractivity contribution in [2.24, 2.45) is 0 Å². The van der Waals surface area contributed by atoms with Crippen LogP contribution < -0.4 is 5.32 Å². The van der Waals surface area contributed by atoms with Gasteiger partial charge in [-0.3, -0.25) is 4.90 Å². The molecule has 3 nitrogen and oxygen atoms in total. The second kappa shape index (κ2) is 5.58. The molecular weight excluding hydrogens is 246 g/mol. The van der Waals surface area contributed by atoms with Crippen LogP contribution in [0.1, 0.15) is 59.3 Å². The minimum Gasteiger partial charge on any atom is -0.309 e. The van der Waals surface area contributed by atoms with Crippen LogP contribution >= 0.6 is 0 Å². The van der Waals surface area contributed by atoms with Gasteiger partial charge in [0.2, 0.25) is 0 Å². The van der Waals surface area contributed by atoms with Crippen molar-refractivity contribution in [1.29, 1.82) is 0 Å². The number of rotatable bonds is 2. The molecule has 0 aromatic heterocycles. The van der Waals surface area contributed by atoms with Gasteiger partial charge in [0, 0.05) is 42.8 Å². The van der Waals surface area contributed by atoms with Gasteiger partial charge in [-0.05, 0) is 53.0 Å². The Morgan fingerprint density at radius 3 is 2.35 bits per heavy atom. The summed E-state index contributed by atoms with van der Waals surface area (Å²) >= 11 is 0. The van der Waals surface area contributed by atoms with Gasteiger partial charge in [-0.1, -0.05) is 13.3 Å². The van der Waals surface area contributed by atoms with E-state index in [4.69, 9.17) is 0 Å². The standard InChI is InChI=1S/C17H33N3/c1-5-13-11-18-17(2,3)12-20(13)16-9-14-7-6-8-15(10-16)19(14)4/h13-16,18H,5-12H2,1-4H3. The second-order valence-electron chi connectivity index (χ2n) is 8.03. The molecule has 0 aromatic rings. The maximum atomic E-state index is 3.74. The molecule has 20 heavy (non-hydrogen) atoms. The molecule has 3 atom stereocenters. The first-order valence-electron chi connectivity index (χ1n) is 8.73.